The number of ketones is 1. The summed E-state index contributed by atoms with van der Waals surface area (Å²) in [4.78, 5) is 12.4. The lowest BCUT2D eigenvalue weighted by Gasteiger charge is -2.16. The van der Waals surface area contributed by atoms with Gasteiger partial charge in [0.2, 0.25) is 0 Å². The van der Waals surface area contributed by atoms with E-state index < -0.39 is 11.6 Å². The van der Waals surface area contributed by atoms with Gasteiger partial charge in [-0.05, 0) is 48.9 Å². The molecule has 0 saturated heterocycles. The van der Waals surface area contributed by atoms with Crippen LogP contribution in [0.3, 0.4) is 0 Å². The van der Waals surface area contributed by atoms with Crippen molar-refractivity contribution >= 4 is 11.5 Å². The molecule has 0 heterocycles. The number of nitrogen functional groups attached to an aromatic ring is 1. The molecule has 3 rings (SSSR count). The molecule has 2 nitrogen and oxygen atoms in total. The average molecular weight is 287 g/mol. The SMILES string of the molecule is Nc1cc(F)c(F)cc1C(=O)c1ccc2c(c1)CCCC2. The number of hydrogen-bond acceptors (Lipinski definition) is 2. The molecule has 0 fully saturated rings. The zero-order chi connectivity index (χ0) is 15.0. The lowest BCUT2D eigenvalue weighted by atomic mass is 9.89. The minimum absolute atomic E-state index is 0.00431. The van der Waals surface area contributed by atoms with Crippen molar-refractivity contribution in [3.8, 4) is 0 Å². The van der Waals surface area contributed by atoms with E-state index in [9.17, 15) is 13.6 Å². The summed E-state index contributed by atoms with van der Waals surface area (Å²) in [6, 6.07) is 7.23. The van der Waals surface area contributed by atoms with E-state index in [4.69, 9.17) is 5.73 Å². The van der Waals surface area contributed by atoms with Gasteiger partial charge in [-0.15, -0.1) is 0 Å². The molecule has 0 saturated carbocycles. The molecule has 2 aromatic rings. The molecule has 2 aromatic carbocycles. The van der Waals surface area contributed by atoms with E-state index in [1.54, 1.807) is 6.07 Å². The number of carbonyl (C=O) groups excluding carboxylic acids is 1. The molecule has 2 N–H and O–H groups in total. The summed E-state index contributed by atoms with van der Waals surface area (Å²) in [6.07, 6.45) is 4.25. The second-order valence-electron chi connectivity index (χ2n) is 5.37. The van der Waals surface area contributed by atoms with Gasteiger partial charge in [0.15, 0.2) is 17.4 Å². The van der Waals surface area contributed by atoms with E-state index >= 15 is 0 Å². The van der Waals surface area contributed by atoms with Crippen LogP contribution in [-0.4, -0.2) is 5.78 Å². The molecule has 1 aliphatic carbocycles. The van der Waals surface area contributed by atoms with Crippen LogP contribution in [0.15, 0.2) is 30.3 Å². The summed E-state index contributed by atoms with van der Waals surface area (Å²) >= 11 is 0. The lowest BCUT2D eigenvalue weighted by Crippen LogP contribution is -2.09. The maximum atomic E-state index is 13.3. The van der Waals surface area contributed by atoms with Crippen molar-refractivity contribution in [1.29, 1.82) is 0 Å². The minimum atomic E-state index is -1.06. The number of nitrogens with two attached hydrogens (primary N) is 1. The highest BCUT2D eigenvalue weighted by molar-refractivity contribution is 6.12. The number of anilines is 1. The molecular formula is C17H15F2NO. The predicted octanol–water partition coefficient (Wildman–Crippen LogP) is 3.66. The van der Waals surface area contributed by atoms with Crippen molar-refractivity contribution in [2.45, 2.75) is 25.7 Å². The summed E-state index contributed by atoms with van der Waals surface area (Å²) in [5, 5.41) is 0. The number of rotatable bonds is 2. The Morgan fingerprint density at radius 1 is 0.952 bits per heavy atom. The Labute approximate surface area is 121 Å². The van der Waals surface area contributed by atoms with Gasteiger partial charge in [0.05, 0.1) is 0 Å². The van der Waals surface area contributed by atoms with Crippen molar-refractivity contribution < 1.29 is 13.6 Å². The normalized spacial score (nSPS) is 13.8. The topological polar surface area (TPSA) is 43.1 Å². The first-order valence-corrected chi connectivity index (χ1v) is 6.97. The first-order chi connectivity index (χ1) is 10.1. The van der Waals surface area contributed by atoms with E-state index in [2.05, 4.69) is 0 Å². The average Bonchev–Trinajstić information content (AvgIpc) is 2.50. The van der Waals surface area contributed by atoms with E-state index in [1.807, 2.05) is 12.1 Å². The first-order valence-electron chi connectivity index (χ1n) is 6.97. The Balaban J connectivity index is 2.01. The Hall–Kier alpha value is -2.23. The maximum Gasteiger partial charge on any atom is 0.195 e. The number of carbonyl (C=O) groups is 1. The summed E-state index contributed by atoms with van der Waals surface area (Å²) in [5.41, 5.74) is 8.49. The zero-order valence-electron chi connectivity index (χ0n) is 11.5. The lowest BCUT2D eigenvalue weighted by molar-refractivity contribution is 0.103. The molecule has 0 aliphatic heterocycles. The molecule has 0 amide bonds. The van der Waals surface area contributed by atoms with E-state index in [0.29, 0.717) is 5.56 Å². The fraction of sp³-hybridized carbons (Fsp3) is 0.235. The Morgan fingerprint density at radius 3 is 2.38 bits per heavy atom. The van der Waals surface area contributed by atoms with Crippen LogP contribution >= 0.6 is 0 Å². The van der Waals surface area contributed by atoms with Gasteiger partial charge in [0.1, 0.15) is 0 Å². The first kappa shape index (κ1) is 13.7. The smallest absolute Gasteiger partial charge is 0.195 e. The highest BCUT2D eigenvalue weighted by atomic mass is 19.2. The predicted molar refractivity (Wildman–Crippen MR) is 77.3 cm³/mol. The molecule has 0 bridgehead atoms. The number of halogens is 2. The summed E-state index contributed by atoms with van der Waals surface area (Å²) in [7, 11) is 0. The molecule has 0 atom stereocenters. The molecule has 0 spiro atoms. The molecule has 0 unspecified atom stereocenters. The largest absolute Gasteiger partial charge is 0.398 e. The molecule has 0 aromatic heterocycles. The minimum Gasteiger partial charge on any atom is -0.398 e. The summed E-state index contributed by atoms with van der Waals surface area (Å²) in [6.45, 7) is 0. The van der Waals surface area contributed by atoms with Gasteiger partial charge in [-0.3, -0.25) is 4.79 Å². The van der Waals surface area contributed by atoms with Crippen LogP contribution in [0, 0.1) is 11.6 Å². The zero-order valence-corrected chi connectivity index (χ0v) is 11.5. The second kappa shape index (κ2) is 5.28. The van der Waals surface area contributed by atoms with E-state index in [1.165, 1.54) is 5.56 Å². The summed E-state index contributed by atoms with van der Waals surface area (Å²) in [5.74, 6) is -2.49. The number of aryl methyl sites for hydroxylation is 2. The van der Waals surface area contributed by atoms with Gasteiger partial charge in [-0.1, -0.05) is 12.1 Å². The number of benzene rings is 2. The van der Waals surface area contributed by atoms with Crippen LogP contribution in [0.25, 0.3) is 0 Å². The monoisotopic (exact) mass is 287 g/mol. The van der Waals surface area contributed by atoms with Gasteiger partial charge in [-0.25, -0.2) is 8.78 Å². The fourth-order valence-corrected chi connectivity index (χ4v) is 2.79. The molecular weight excluding hydrogens is 272 g/mol. The van der Waals surface area contributed by atoms with Crippen LogP contribution in [0.2, 0.25) is 0 Å². The van der Waals surface area contributed by atoms with Crippen LogP contribution in [0.5, 0.6) is 0 Å². The molecule has 1 aliphatic rings. The Kier molecular flexibility index (Phi) is 3.45. The molecule has 0 radical (unpaired) electrons. The Bertz CT molecular complexity index is 725. The van der Waals surface area contributed by atoms with Crippen LogP contribution in [0.4, 0.5) is 14.5 Å². The third kappa shape index (κ3) is 2.53. The van der Waals surface area contributed by atoms with Crippen molar-refractivity contribution in [2.24, 2.45) is 0 Å². The third-order valence-corrected chi connectivity index (χ3v) is 3.95. The van der Waals surface area contributed by atoms with Crippen LogP contribution in [-0.2, 0) is 12.8 Å². The van der Waals surface area contributed by atoms with Crippen molar-refractivity contribution in [3.63, 3.8) is 0 Å². The quantitative estimate of drug-likeness (QED) is 0.676. The van der Waals surface area contributed by atoms with Gasteiger partial charge in [0.25, 0.3) is 0 Å². The van der Waals surface area contributed by atoms with Gasteiger partial charge in [0, 0.05) is 22.9 Å². The fourth-order valence-electron chi connectivity index (χ4n) is 2.79. The standard InChI is InChI=1S/C17H15F2NO/c18-14-8-13(16(20)9-15(14)19)17(21)12-6-5-10-3-1-2-4-11(10)7-12/h5-9H,1-4,20H2. The van der Waals surface area contributed by atoms with Gasteiger partial charge < -0.3 is 5.73 Å². The van der Waals surface area contributed by atoms with Crippen molar-refractivity contribution in [3.05, 3.63) is 64.2 Å². The van der Waals surface area contributed by atoms with Crippen molar-refractivity contribution in [1.82, 2.24) is 0 Å². The van der Waals surface area contributed by atoms with Crippen molar-refractivity contribution in [2.75, 3.05) is 5.73 Å². The second-order valence-corrected chi connectivity index (χ2v) is 5.37. The highest BCUT2D eigenvalue weighted by Crippen LogP contribution is 2.25. The summed E-state index contributed by atoms with van der Waals surface area (Å²) < 4.78 is 26.4. The van der Waals surface area contributed by atoms with E-state index in [0.717, 1.165) is 43.4 Å². The Morgan fingerprint density at radius 2 is 1.62 bits per heavy atom. The van der Waals surface area contributed by atoms with Crippen LogP contribution in [0.1, 0.15) is 39.9 Å². The third-order valence-electron chi connectivity index (χ3n) is 3.95. The van der Waals surface area contributed by atoms with Crippen LogP contribution < -0.4 is 5.73 Å². The maximum absolute atomic E-state index is 13.3. The molecule has 108 valence electrons. The van der Waals surface area contributed by atoms with E-state index in [-0.39, 0.29) is 17.0 Å². The van der Waals surface area contributed by atoms with Gasteiger partial charge >= 0.3 is 0 Å². The van der Waals surface area contributed by atoms with Gasteiger partial charge in [-0.2, -0.15) is 0 Å². The number of fused-ring (bicyclic) bond motifs is 1. The number of hydrogen-bond donors (Lipinski definition) is 1. The molecule has 21 heavy (non-hydrogen) atoms. The molecule has 4 heteroatoms. The highest BCUT2D eigenvalue weighted by Gasteiger charge is 2.18.